The minimum Gasteiger partial charge on any atom is -0.278 e. The number of anilines is 1. The molecule has 0 saturated carbocycles. The lowest BCUT2D eigenvalue weighted by Crippen LogP contribution is -1.90. The summed E-state index contributed by atoms with van der Waals surface area (Å²) in [5.74, 6) is 0. The summed E-state index contributed by atoms with van der Waals surface area (Å²) in [6.45, 7) is 0. The quantitative estimate of drug-likeness (QED) is 0.651. The van der Waals surface area contributed by atoms with Crippen molar-refractivity contribution in [3.8, 4) is 0 Å². The van der Waals surface area contributed by atoms with Crippen LogP contribution in [-0.2, 0) is 0 Å². The van der Waals surface area contributed by atoms with Gasteiger partial charge >= 0.3 is 0 Å². The van der Waals surface area contributed by atoms with Crippen molar-refractivity contribution in [3.05, 3.63) is 59.4 Å². The molecule has 1 aromatic heterocycles. The number of benzene rings is 1. The highest BCUT2D eigenvalue weighted by Gasteiger charge is 1.90. The second-order valence-electron chi connectivity index (χ2n) is 3.17. The van der Waals surface area contributed by atoms with Gasteiger partial charge in [0, 0.05) is 23.0 Å². The van der Waals surface area contributed by atoms with Crippen LogP contribution in [0.25, 0.3) is 0 Å². The molecule has 0 bridgehead atoms. The lowest BCUT2D eigenvalue weighted by Gasteiger charge is -1.99. The van der Waals surface area contributed by atoms with Crippen LogP contribution in [0, 0.1) is 0 Å². The number of hydrogen-bond acceptors (Lipinski definition) is 3. The van der Waals surface area contributed by atoms with Crippen molar-refractivity contribution in [2.45, 2.75) is 0 Å². The van der Waals surface area contributed by atoms with E-state index in [2.05, 4.69) is 15.5 Å². The fraction of sp³-hybridized carbons (Fsp3) is 0. The van der Waals surface area contributed by atoms with E-state index in [1.165, 1.54) is 0 Å². The molecule has 4 heteroatoms. The number of halogens is 1. The summed E-state index contributed by atoms with van der Waals surface area (Å²) in [7, 11) is 0. The van der Waals surface area contributed by atoms with Gasteiger partial charge in [-0.2, -0.15) is 5.10 Å². The van der Waals surface area contributed by atoms with Crippen molar-refractivity contribution in [2.75, 3.05) is 5.43 Å². The summed E-state index contributed by atoms with van der Waals surface area (Å²) >= 11 is 5.84. The molecule has 1 heterocycles. The fourth-order valence-electron chi connectivity index (χ4n) is 1.19. The normalized spacial score (nSPS) is 10.6. The Morgan fingerprint density at radius 3 is 2.94 bits per heavy atom. The molecule has 3 nitrogen and oxygen atoms in total. The van der Waals surface area contributed by atoms with Crippen LogP contribution in [0.3, 0.4) is 0 Å². The van der Waals surface area contributed by atoms with E-state index >= 15 is 0 Å². The van der Waals surface area contributed by atoms with Gasteiger partial charge in [-0.1, -0.05) is 23.7 Å². The van der Waals surface area contributed by atoms with Crippen molar-refractivity contribution in [3.63, 3.8) is 0 Å². The van der Waals surface area contributed by atoms with Gasteiger partial charge < -0.3 is 0 Å². The maximum atomic E-state index is 5.84. The van der Waals surface area contributed by atoms with Crippen molar-refractivity contribution in [1.29, 1.82) is 0 Å². The molecule has 80 valence electrons. The Morgan fingerprint density at radius 1 is 1.25 bits per heavy atom. The maximum absolute atomic E-state index is 5.84. The van der Waals surface area contributed by atoms with Crippen molar-refractivity contribution in [1.82, 2.24) is 4.98 Å². The number of nitrogens with zero attached hydrogens (tertiary/aromatic N) is 2. The molecule has 1 aromatic carbocycles. The molecule has 0 fully saturated rings. The van der Waals surface area contributed by atoms with E-state index in [4.69, 9.17) is 11.6 Å². The highest BCUT2D eigenvalue weighted by molar-refractivity contribution is 6.30. The number of hydrogen-bond donors (Lipinski definition) is 1. The van der Waals surface area contributed by atoms with Crippen molar-refractivity contribution >= 4 is 23.5 Å². The van der Waals surface area contributed by atoms with Crippen LogP contribution in [0.15, 0.2) is 53.9 Å². The van der Waals surface area contributed by atoms with Gasteiger partial charge in [0.15, 0.2) is 0 Å². The van der Waals surface area contributed by atoms with Gasteiger partial charge in [0.2, 0.25) is 0 Å². The van der Waals surface area contributed by atoms with E-state index in [1.54, 1.807) is 18.6 Å². The van der Waals surface area contributed by atoms with Gasteiger partial charge in [0.1, 0.15) is 0 Å². The minimum absolute atomic E-state index is 0.682. The zero-order valence-electron chi connectivity index (χ0n) is 8.47. The standard InChI is InChI=1S/C12H10ClN3/c13-11-4-1-5-12(7-11)16-15-9-10-3-2-6-14-8-10/h1-9,16H. The summed E-state index contributed by atoms with van der Waals surface area (Å²) in [6, 6.07) is 11.2. The fourth-order valence-corrected chi connectivity index (χ4v) is 1.38. The third kappa shape index (κ3) is 3.07. The largest absolute Gasteiger partial charge is 0.278 e. The van der Waals surface area contributed by atoms with Gasteiger partial charge in [0.05, 0.1) is 11.9 Å². The number of aromatic nitrogens is 1. The highest BCUT2D eigenvalue weighted by Crippen LogP contribution is 2.14. The molecule has 16 heavy (non-hydrogen) atoms. The molecule has 0 atom stereocenters. The molecule has 0 amide bonds. The molecular weight excluding hydrogens is 222 g/mol. The maximum Gasteiger partial charge on any atom is 0.0576 e. The summed E-state index contributed by atoms with van der Waals surface area (Å²) < 4.78 is 0. The number of nitrogens with one attached hydrogen (secondary N) is 1. The Bertz CT molecular complexity index is 483. The second-order valence-corrected chi connectivity index (χ2v) is 3.60. The Labute approximate surface area is 98.8 Å². The number of hydrazone groups is 1. The molecule has 0 spiro atoms. The van der Waals surface area contributed by atoms with E-state index in [0.717, 1.165) is 11.3 Å². The predicted molar refractivity (Wildman–Crippen MR) is 66.9 cm³/mol. The molecule has 0 unspecified atom stereocenters. The van der Waals surface area contributed by atoms with E-state index in [0.29, 0.717) is 5.02 Å². The van der Waals surface area contributed by atoms with Gasteiger partial charge in [-0.05, 0) is 24.3 Å². The first-order valence-corrected chi connectivity index (χ1v) is 5.17. The first-order chi connectivity index (χ1) is 7.84. The molecule has 1 N–H and O–H groups in total. The molecule has 2 rings (SSSR count). The first-order valence-electron chi connectivity index (χ1n) is 4.79. The van der Waals surface area contributed by atoms with E-state index < -0.39 is 0 Å². The van der Waals surface area contributed by atoms with Crippen LogP contribution in [0.1, 0.15) is 5.56 Å². The van der Waals surface area contributed by atoms with Gasteiger partial charge in [0.25, 0.3) is 0 Å². The summed E-state index contributed by atoms with van der Waals surface area (Å²) in [4.78, 5) is 3.98. The Balaban J connectivity index is 2.00. The van der Waals surface area contributed by atoms with E-state index in [1.807, 2.05) is 36.4 Å². The van der Waals surface area contributed by atoms with Gasteiger partial charge in [-0.25, -0.2) is 0 Å². The van der Waals surface area contributed by atoms with Crippen LogP contribution in [0.4, 0.5) is 5.69 Å². The molecular formula is C12H10ClN3. The van der Waals surface area contributed by atoms with Gasteiger partial charge in [-0.15, -0.1) is 0 Å². The molecule has 0 aliphatic rings. The zero-order valence-corrected chi connectivity index (χ0v) is 9.22. The van der Waals surface area contributed by atoms with Crippen LogP contribution < -0.4 is 5.43 Å². The van der Waals surface area contributed by atoms with Crippen molar-refractivity contribution in [2.24, 2.45) is 5.10 Å². The first kappa shape index (κ1) is 10.6. The van der Waals surface area contributed by atoms with Crippen LogP contribution in [-0.4, -0.2) is 11.2 Å². The third-order valence-corrected chi connectivity index (χ3v) is 2.15. The number of pyridine rings is 1. The SMILES string of the molecule is Clc1cccc(NN=Cc2cccnc2)c1. The molecule has 0 radical (unpaired) electrons. The lowest BCUT2D eigenvalue weighted by atomic mass is 10.3. The molecule has 0 aliphatic heterocycles. The van der Waals surface area contributed by atoms with Crippen molar-refractivity contribution < 1.29 is 0 Å². The van der Waals surface area contributed by atoms with E-state index in [9.17, 15) is 0 Å². The topological polar surface area (TPSA) is 37.3 Å². The number of rotatable bonds is 3. The molecule has 0 saturated heterocycles. The summed E-state index contributed by atoms with van der Waals surface area (Å²) in [5.41, 5.74) is 4.69. The zero-order chi connectivity index (χ0) is 11.2. The molecule has 2 aromatic rings. The Morgan fingerprint density at radius 2 is 2.19 bits per heavy atom. The van der Waals surface area contributed by atoms with E-state index in [-0.39, 0.29) is 0 Å². The molecule has 0 aliphatic carbocycles. The average molecular weight is 232 g/mol. The smallest absolute Gasteiger partial charge is 0.0576 e. The lowest BCUT2D eigenvalue weighted by molar-refractivity contribution is 1.30. The predicted octanol–water partition coefficient (Wildman–Crippen LogP) is 3.18. The monoisotopic (exact) mass is 231 g/mol. The van der Waals surface area contributed by atoms with Gasteiger partial charge in [-0.3, -0.25) is 10.4 Å². The second kappa shape index (κ2) is 5.28. The van der Waals surface area contributed by atoms with Crippen LogP contribution in [0.2, 0.25) is 5.02 Å². The average Bonchev–Trinajstić information content (AvgIpc) is 2.30. The third-order valence-electron chi connectivity index (χ3n) is 1.92. The summed E-state index contributed by atoms with van der Waals surface area (Å²) in [5, 5.41) is 4.76. The Hall–Kier alpha value is -1.87. The van der Waals surface area contributed by atoms with Crippen LogP contribution >= 0.6 is 11.6 Å². The van der Waals surface area contributed by atoms with Crippen LogP contribution in [0.5, 0.6) is 0 Å². The minimum atomic E-state index is 0.682. The summed E-state index contributed by atoms with van der Waals surface area (Å²) in [6.07, 6.45) is 5.17. The highest BCUT2D eigenvalue weighted by atomic mass is 35.5. The Kier molecular flexibility index (Phi) is 3.51.